The maximum Gasteiger partial charge on any atom is 0.226 e. The van der Waals surface area contributed by atoms with Crippen LogP contribution in [0.2, 0.25) is 0 Å². The maximum absolute atomic E-state index is 12.2. The van der Waals surface area contributed by atoms with E-state index in [1.807, 2.05) is 23.1 Å². The lowest BCUT2D eigenvalue weighted by Gasteiger charge is -2.53. The zero-order valence-electron chi connectivity index (χ0n) is 12.9. The molecule has 0 radical (unpaired) electrons. The van der Waals surface area contributed by atoms with Gasteiger partial charge in [-0.3, -0.25) is 4.79 Å². The third-order valence-corrected chi connectivity index (χ3v) is 5.07. The third kappa shape index (κ3) is 2.58. The Morgan fingerprint density at radius 3 is 2.95 bits per heavy atom. The second-order valence-corrected chi connectivity index (χ2v) is 6.95. The Labute approximate surface area is 130 Å². The van der Waals surface area contributed by atoms with Crippen molar-refractivity contribution in [1.82, 2.24) is 9.88 Å². The standard InChI is InChI=1S/C17H22N2O3/c1-12-8-14(12)16(20)19-10-17(11-19)9-13(5-7-21-17)22-15-4-2-3-6-18-15/h2-4,6,12-14H,5,7-11H2,1H3/t12-,13+,14+/m1/s1. The number of rotatable bonds is 3. The summed E-state index contributed by atoms with van der Waals surface area (Å²) in [5.74, 6) is 1.82. The monoisotopic (exact) mass is 302 g/mol. The van der Waals surface area contributed by atoms with Crippen molar-refractivity contribution >= 4 is 5.91 Å². The topological polar surface area (TPSA) is 51.7 Å². The first kappa shape index (κ1) is 14.0. The molecule has 3 atom stereocenters. The molecule has 1 aromatic heterocycles. The zero-order chi connectivity index (χ0) is 15.2. The highest BCUT2D eigenvalue weighted by Crippen LogP contribution is 2.43. The zero-order valence-corrected chi connectivity index (χ0v) is 12.9. The van der Waals surface area contributed by atoms with Crippen molar-refractivity contribution in [2.24, 2.45) is 11.8 Å². The van der Waals surface area contributed by atoms with Crippen LogP contribution >= 0.6 is 0 Å². The highest BCUT2D eigenvalue weighted by Gasteiger charge is 2.53. The number of aromatic nitrogens is 1. The van der Waals surface area contributed by atoms with Gasteiger partial charge in [0.15, 0.2) is 0 Å². The number of ether oxygens (including phenoxy) is 2. The van der Waals surface area contributed by atoms with Crippen LogP contribution in [0.1, 0.15) is 26.2 Å². The molecule has 3 fully saturated rings. The van der Waals surface area contributed by atoms with E-state index in [1.54, 1.807) is 6.20 Å². The van der Waals surface area contributed by atoms with Gasteiger partial charge in [-0.15, -0.1) is 0 Å². The van der Waals surface area contributed by atoms with Gasteiger partial charge in [-0.25, -0.2) is 4.98 Å². The average molecular weight is 302 g/mol. The van der Waals surface area contributed by atoms with Crippen molar-refractivity contribution in [2.75, 3.05) is 19.7 Å². The highest BCUT2D eigenvalue weighted by atomic mass is 16.5. The summed E-state index contributed by atoms with van der Waals surface area (Å²) in [7, 11) is 0. The molecular formula is C17H22N2O3. The third-order valence-electron chi connectivity index (χ3n) is 5.07. The van der Waals surface area contributed by atoms with Crippen molar-refractivity contribution < 1.29 is 14.3 Å². The van der Waals surface area contributed by atoms with Gasteiger partial charge in [0.25, 0.3) is 0 Å². The number of likely N-dealkylation sites (tertiary alicyclic amines) is 1. The quantitative estimate of drug-likeness (QED) is 0.855. The van der Waals surface area contributed by atoms with Crippen molar-refractivity contribution in [3.63, 3.8) is 0 Å². The largest absolute Gasteiger partial charge is 0.474 e. The van der Waals surface area contributed by atoms with E-state index in [-0.39, 0.29) is 17.6 Å². The number of nitrogens with zero attached hydrogens (tertiary/aromatic N) is 2. The SMILES string of the molecule is C[C@@H]1C[C@@H]1C(=O)N1CC2(C[C@@H](Oc3ccccn3)CCO2)C1. The molecule has 1 saturated carbocycles. The molecule has 0 N–H and O–H groups in total. The minimum Gasteiger partial charge on any atom is -0.474 e. The minimum absolute atomic E-state index is 0.126. The van der Waals surface area contributed by atoms with E-state index >= 15 is 0 Å². The van der Waals surface area contributed by atoms with Gasteiger partial charge in [-0.1, -0.05) is 13.0 Å². The number of carbonyl (C=O) groups is 1. The molecule has 3 heterocycles. The summed E-state index contributed by atoms with van der Waals surface area (Å²) in [6, 6.07) is 5.69. The Balaban J connectivity index is 1.33. The molecule has 5 nitrogen and oxygen atoms in total. The molecule has 1 aromatic rings. The Morgan fingerprint density at radius 2 is 2.27 bits per heavy atom. The van der Waals surface area contributed by atoms with Crippen LogP contribution in [0.3, 0.4) is 0 Å². The van der Waals surface area contributed by atoms with E-state index in [2.05, 4.69) is 11.9 Å². The summed E-state index contributed by atoms with van der Waals surface area (Å²) >= 11 is 0. The molecule has 4 rings (SSSR count). The van der Waals surface area contributed by atoms with Crippen LogP contribution in [-0.2, 0) is 9.53 Å². The van der Waals surface area contributed by atoms with Gasteiger partial charge < -0.3 is 14.4 Å². The lowest BCUT2D eigenvalue weighted by molar-refractivity contribution is -0.194. The minimum atomic E-state index is -0.189. The maximum atomic E-state index is 12.2. The van der Waals surface area contributed by atoms with Gasteiger partial charge in [0.2, 0.25) is 11.8 Å². The summed E-state index contributed by atoms with van der Waals surface area (Å²) < 4.78 is 11.9. The van der Waals surface area contributed by atoms with E-state index in [0.29, 0.717) is 24.3 Å². The number of hydrogen-bond acceptors (Lipinski definition) is 4. The second-order valence-electron chi connectivity index (χ2n) is 6.95. The first-order chi connectivity index (χ1) is 10.7. The number of amides is 1. The van der Waals surface area contributed by atoms with E-state index in [1.165, 1.54) is 0 Å². The second kappa shape index (κ2) is 5.23. The molecule has 1 spiro atoms. The molecule has 0 unspecified atom stereocenters. The van der Waals surface area contributed by atoms with Gasteiger partial charge in [-0.2, -0.15) is 0 Å². The fourth-order valence-electron chi connectivity index (χ4n) is 3.60. The fraction of sp³-hybridized carbons (Fsp3) is 0.647. The van der Waals surface area contributed by atoms with Crippen LogP contribution < -0.4 is 4.74 Å². The van der Waals surface area contributed by atoms with Gasteiger partial charge >= 0.3 is 0 Å². The lowest BCUT2D eigenvalue weighted by atomic mass is 9.84. The van der Waals surface area contributed by atoms with E-state index in [0.717, 1.165) is 32.4 Å². The van der Waals surface area contributed by atoms with E-state index in [9.17, 15) is 4.79 Å². The Bertz CT molecular complexity index is 556. The number of pyridine rings is 1. The molecule has 118 valence electrons. The summed E-state index contributed by atoms with van der Waals surface area (Å²) in [5, 5.41) is 0. The summed E-state index contributed by atoms with van der Waals surface area (Å²) in [6.45, 7) is 4.28. The fourth-order valence-corrected chi connectivity index (χ4v) is 3.60. The van der Waals surface area contributed by atoms with E-state index < -0.39 is 0 Å². The molecule has 5 heteroatoms. The molecule has 2 aliphatic heterocycles. The van der Waals surface area contributed by atoms with Crippen molar-refractivity contribution in [1.29, 1.82) is 0 Å². The molecule has 2 saturated heterocycles. The van der Waals surface area contributed by atoms with Gasteiger partial charge in [0.1, 0.15) is 11.7 Å². The van der Waals surface area contributed by atoms with Crippen LogP contribution in [0, 0.1) is 11.8 Å². The normalized spacial score (nSPS) is 32.4. The van der Waals surface area contributed by atoms with Gasteiger partial charge in [0, 0.05) is 31.0 Å². The smallest absolute Gasteiger partial charge is 0.226 e. The van der Waals surface area contributed by atoms with Crippen LogP contribution in [0.25, 0.3) is 0 Å². The molecule has 1 amide bonds. The predicted octanol–water partition coefficient (Wildman–Crippen LogP) is 1.88. The molecule has 1 aliphatic carbocycles. The van der Waals surface area contributed by atoms with Crippen LogP contribution in [0.5, 0.6) is 5.88 Å². The van der Waals surface area contributed by atoms with Crippen LogP contribution in [0.4, 0.5) is 0 Å². The summed E-state index contributed by atoms with van der Waals surface area (Å²) in [6.07, 6.45) is 4.64. The van der Waals surface area contributed by atoms with Gasteiger partial charge in [0.05, 0.1) is 19.7 Å². The summed E-state index contributed by atoms with van der Waals surface area (Å²) in [5.41, 5.74) is -0.189. The van der Waals surface area contributed by atoms with Crippen LogP contribution in [0.15, 0.2) is 24.4 Å². The summed E-state index contributed by atoms with van der Waals surface area (Å²) in [4.78, 5) is 18.4. The highest BCUT2D eigenvalue weighted by molar-refractivity contribution is 5.82. The molecule has 3 aliphatic rings. The van der Waals surface area contributed by atoms with Crippen molar-refractivity contribution in [2.45, 2.75) is 37.9 Å². The predicted molar refractivity (Wildman–Crippen MR) is 80.4 cm³/mol. The van der Waals surface area contributed by atoms with E-state index in [4.69, 9.17) is 9.47 Å². The van der Waals surface area contributed by atoms with Crippen molar-refractivity contribution in [3.05, 3.63) is 24.4 Å². The van der Waals surface area contributed by atoms with Crippen molar-refractivity contribution in [3.8, 4) is 5.88 Å². The molecular weight excluding hydrogens is 280 g/mol. The first-order valence-corrected chi connectivity index (χ1v) is 8.16. The Kier molecular flexibility index (Phi) is 3.33. The first-order valence-electron chi connectivity index (χ1n) is 8.16. The van der Waals surface area contributed by atoms with Crippen LogP contribution in [-0.4, -0.2) is 47.2 Å². The lowest BCUT2D eigenvalue weighted by Crippen LogP contribution is -2.67. The Hall–Kier alpha value is -1.62. The molecule has 0 aromatic carbocycles. The average Bonchev–Trinajstić information content (AvgIpc) is 3.22. The molecule has 22 heavy (non-hydrogen) atoms. The Morgan fingerprint density at radius 1 is 1.45 bits per heavy atom. The number of hydrogen-bond donors (Lipinski definition) is 0. The van der Waals surface area contributed by atoms with Gasteiger partial charge in [-0.05, 0) is 18.4 Å². The number of carbonyl (C=O) groups excluding carboxylic acids is 1. The molecule has 0 bridgehead atoms.